The van der Waals surface area contributed by atoms with Gasteiger partial charge in [0.15, 0.2) is 18.1 Å². The van der Waals surface area contributed by atoms with Crippen molar-refractivity contribution < 1.29 is 27.4 Å². The Kier molecular flexibility index (Phi) is 7.20. The minimum atomic E-state index is -3.72. The van der Waals surface area contributed by atoms with Gasteiger partial charge in [0.25, 0.3) is 15.9 Å². The standard InChI is InChI=1S/C27H29N3O6S/c1-20-2-5-22(6-3-20)28-37(32,33)24-9-7-23(8-10-24)34-18-27(31)30-14-12-29(13-15-30)17-21-4-11-25-26(16-21)36-19-35-25/h2-11,16,28H,12-15,17-19H2,1H3. The molecule has 2 aliphatic rings. The topological polar surface area (TPSA) is 97.4 Å². The number of benzene rings is 3. The molecule has 0 bridgehead atoms. The van der Waals surface area contributed by atoms with Crippen LogP contribution in [0.4, 0.5) is 5.69 Å². The molecule has 2 aliphatic heterocycles. The SMILES string of the molecule is Cc1ccc(NS(=O)(=O)c2ccc(OCC(=O)N3CCN(Cc4ccc5c(c4)OCO5)CC3)cc2)cc1. The van der Waals surface area contributed by atoms with E-state index in [4.69, 9.17) is 14.2 Å². The van der Waals surface area contributed by atoms with Crippen molar-refractivity contribution in [3.05, 3.63) is 77.9 Å². The molecule has 5 rings (SSSR count). The number of hydrogen-bond acceptors (Lipinski definition) is 7. The van der Waals surface area contributed by atoms with Crippen molar-refractivity contribution in [3.63, 3.8) is 0 Å². The molecule has 37 heavy (non-hydrogen) atoms. The average molecular weight is 524 g/mol. The highest BCUT2D eigenvalue weighted by Gasteiger charge is 2.22. The van der Waals surface area contributed by atoms with Crippen LogP contribution in [-0.2, 0) is 21.4 Å². The Labute approximate surface area is 216 Å². The van der Waals surface area contributed by atoms with Crippen LogP contribution >= 0.6 is 0 Å². The van der Waals surface area contributed by atoms with Crippen molar-refractivity contribution in [2.45, 2.75) is 18.4 Å². The smallest absolute Gasteiger partial charge is 0.261 e. The number of ether oxygens (including phenoxy) is 3. The van der Waals surface area contributed by atoms with Crippen molar-refractivity contribution in [2.75, 3.05) is 44.3 Å². The van der Waals surface area contributed by atoms with Crippen LogP contribution in [0.5, 0.6) is 17.2 Å². The first-order valence-electron chi connectivity index (χ1n) is 12.1. The lowest BCUT2D eigenvalue weighted by Crippen LogP contribution is -2.49. The molecule has 0 aliphatic carbocycles. The normalized spacial score (nSPS) is 15.4. The molecule has 0 atom stereocenters. The highest BCUT2D eigenvalue weighted by Crippen LogP contribution is 2.32. The number of sulfonamides is 1. The molecule has 1 amide bonds. The third-order valence-corrected chi connectivity index (χ3v) is 7.77. The van der Waals surface area contributed by atoms with Crippen molar-refractivity contribution in [2.24, 2.45) is 0 Å². The van der Waals surface area contributed by atoms with Crippen molar-refractivity contribution in [1.82, 2.24) is 9.80 Å². The predicted octanol–water partition coefficient (Wildman–Crippen LogP) is 3.25. The maximum atomic E-state index is 12.7. The van der Waals surface area contributed by atoms with E-state index in [1.54, 1.807) is 29.2 Å². The number of nitrogens with one attached hydrogen (secondary N) is 1. The maximum Gasteiger partial charge on any atom is 0.261 e. The largest absolute Gasteiger partial charge is 0.484 e. The minimum Gasteiger partial charge on any atom is -0.484 e. The lowest BCUT2D eigenvalue weighted by Gasteiger charge is -2.34. The number of carbonyl (C=O) groups is 1. The van der Waals surface area contributed by atoms with Gasteiger partial charge < -0.3 is 19.1 Å². The Balaban J connectivity index is 1.08. The number of amides is 1. The van der Waals surface area contributed by atoms with Crippen LogP contribution in [0.1, 0.15) is 11.1 Å². The quantitative estimate of drug-likeness (QED) is 0.484. The Hall–Kier alpha value is -3.76. The summed E-state index contributed by atoms with van der Waals surface area (Å²) in [4.78, 5) is 16.9. The fourth-order valence-electron chi connectivity index (χ4n) is 4.24. The number of piperazine rings is 1. The van der Waals surface area contributed by atoms with Crippen LogP contribution in [0, 0.1) is 6.92 Å². The summed E-state index contributed by atoms with van der Waals surface area (Å²) in [5.74, 6) is 1.88. The number of hydrogen-bond donors (Lipinski definition) is 1. The van der Waals surface area contributed by atoms with Gasteiger partial charge in [-0.3, -0.25) is 14.4 Å². The molecular weight excluding hydrogens is 494 g/mol. The van der Waals surface area contributed by atoms with Crippen molar-refractivity contribution in [1.29, 1.82) is 0 Å². The van der Waals surface area contributed by atoms with Gasteiger partial charge in [-0.05, 0) is 61.0 Å². The summed E-state index contributed by atoms with van der Waals surface area (Å²) >= 11 is 0. The molecule has 9 nitrogen and oxygen atoms in total. The van der Waals surface area contributed by atoms with Gasteiger partial charge in [0.05, 0.1) is 4.90 Å². The van der Waals surface area contributed by atoms with E-state index in [1.165, 1.54) is 12.1 Å². The monoisotopic (exact) mass is 523 g/mol. The van der Waals surface area contributed by atoms with E-state index in [9.17, 15) is 13.2 Å². The second-order valence-electron chi connectivity index (χ2n) is 9.08. The molecule has 0 radical (unpaired) electrons. The Morgan fingerprint density at radius 2 is 1.62 bits per heavy atom. The van der Waals surface area contributed by atoms with E-state index in [2.05, 4.69) is 9.62 Å². The van der Waals surface area contributed by atoms with Gasteiger partial charge in [-0.1, -0.05) is 23.8 Å². The Morgan fingerprint density at radius 1 is 0.919 bits per heavy atom. The number of anilines is 1. The van der Waals surface area contributed by atoms with Crippen LogP contribution < -0.4 is 18.9 Å². The summed E-state index contributed by atoms with van der Waals surface area (Å²) in [7, 11) is -3.72. The fourth-order valence-corrected chi connectivity index (χ4v) is 5.30. The number of fused-ring (bicyclic) bond motifs is 1. The summed E-state index contributed by atoms with van der Waals surface area (Å²) in [6.07, 6.45) is 0. The molecule has 0 saturated carbocycles. The summed E-state index contributed by atoms with van der Waals surface area (Å²) in [6, 6.07) is 19.1. The molecule has 10 heteroatoms. The zero-order valence-electron chi connectivity index (χ0n) is 20.6. The summed E-state index contributed by atoms with van der Waals surface area (Å²) < 4.78 is 44.3. The highest BCUT2D eigenvalue weighted by atomic mass is 32.2. The lowest BCUT2D eigenvalue weighted by molar-refractivity contribution is -0.135. The number of nitrogens with zero attached hydrogens (tertiary/aromatic N) is 2. The van der Waals surface area contributed by atoms with E-state index in [1.807, 2.05) is 37.3 Å². The second kappa shape index (κ2) is 10.7. The van der Waals surface area contributed by atoms with Crippen LogP contribution in [-0.4, -0.2) is 63.7 Å². The van der Waals surface area contributed by atoms with Gasteiger partial charge in [0, 0.05) is 38.4 Å². The second-order valence-corrected chi connectivity index (χ2v) is 10.8. The molecule has 1 fully saturated rings. The Morgan fingerprint density at radius 3 is 2.35 bits per heavy atom. The molecule has 0 spiro atoms. The molecule has 1 N–H and O–H groups in total. The number of aryl methyl sites for hydroxylation is 1. The molecular formula is C27H29N3O6S. The maximum absolute atomic E-state index is 12.7. The van der Waals surface area contributed by atoms with Gasteiger partial charge in [-0.15, -0.1) is 0 Å². The number of carbonyl (C=O) groups excluding carboxylic acids is 1. The Bertz CT molecular complexity index is 1350. The third kappa shape index (κ3) is 6.15. The van der Waals surface area contributed by atoms with Crippen molar-refractivity contribution in [3.8, 4) is 17.2 Å². The lowest BCUT2D eigenvalue weighted by atomic mass is 10.1. The zero-order chi connectivity index (χ0) is 25.8. The van der Waals surface area contributed by atoms with Gasteiger partial charge in [0.2, 0.25) is 6.79 Å². The fraction of sp³-hybridized carbons (Fsp3) is 0.296. The third-order valence-electron chi connectivity index (χ3n) is 6.37. The molecule has 0 aromatic heterocycles. The van der Waals surface area contributed by atoms with Gasteiger partial charge in [-0.2, -0.15) is 0 Å². The molecule has 1 saturated heterocycles. The molecule has 0 unspecified atom stereocenters. The van der Waals surface area contributed by atoms with E-state index in [0.29, 0.717) is 24.5 Å². The minimum absolute atomic E-state index is 0.0968. The van der Waals surface area contributed by atoms with Crippen molar-refractivity contribution >= 4 is 21.6 Å². The molecule has 194 valence electrons. The van der Waals surface area contributed by atoms with Gasteiger partial charge >= 0.3 is 0 Å². The van der Waals surface area contributed by atoms with Crippen LogP contribution in [0.25, 0.3) is 0 Å². The molecule has 3 aromatic rings. The van der Waals surface area contributed by atoms with E-state index in [0.717, 1.165) is 42.3 Å². The summed E-state index contributed by atoms with van der Waals surface area (Å²) in [5, 5.41) is 0. The van der Waals surface area contributed by atoms with Crippen LogP contribution in [0.3, 0.4) is 0 Å². The summed E-state index contributed by atoms with van der Waals surface area (Å²) in [6.45, 7) is 5.64. The van der Waals surface area contributed by atoms with E-state index < -0.39 is 10.0 Å². The van der Waals surface area contributed by atoms with Gasteiger partial charge in [0.1, 0.15) is 5.75 Å². The van der Waals surface area contributed by atoms with E-state index in [-0.39, 0.29) is 24.2 Å². The van der Waals surface area contributed by atoms with Crippen LogP contribution in [0.2, 0.25) is 0 Å². The highest BCUT2D eigenvalue weighted by molar-refractivity contribution is 7.92. The predicted molar refractivity (Wildman–Crippen MR) is 138 cm³/mol. The average Bonchev–Trinajstić information content (AvgIpc) is 3.37. The number of rotatable bonds is 8. The molecule has 2 heterocycles. The first kappa shape index (κ1) is 24.9. The first-order chi connectivity index (χ1) is 17.9. The zero-order valence-corrected chi connectivity index (χ0v) is 21.4. The first-order valence-corrected chi connectivity index (χ1v) is 13.5. The van der Waals surface area contributed by atoms with Gasteiger partial charge in [-0.25, -0.2) is 8.42 Å². The molecule has 3 aromatic carbocycles. The van der Waals surface area contributed by atoms with E-state index >= 15 is 0 Å². The summed E-state index contributed by atoms with van der Waals surface area (Å²) in [5.41, 5.74) is 2.68. The van der Waals surface area contributed by atoms with Crippen LogP contribution in [0.15, 0.2) is 71.6 Å².